The second-order valence-corrected chi connectivity index (χ2v) is 6.81. The van der Waals surface area contributed by atoms with Crippen LogP contribution in [0.3, 0.4) is 0 Å². The Kier molecular flexibility index (Phi) is 5.46. The summed E-state index contributed by atoms with van der Waals surface area (Å²) in [7, 11) is 4.34. The maximum atomic E-state index is 11.5. The Hall–Kier alpha value is -1.55. The van der Waals surface area contributed by atoms with E-state index in [1.807, 2.05) is 19.1 Å². The van der Waals surface area contributed by atoms with E-state index in [1.165, 1.54) is 25.7 Å². The van der Waals surface area contributed by atoms with E-state index in [2.05, 4.69) is 31.2 Å². The van der Waals surface area contributed by atoms with Crippen LogP contribution in [0.4, 0.5) is 5.69 Å². The summed E-state index contributed by atoms with van der Waals surface area (Å²) in [6.45, 7) is 4.20. The fraction of sp³-hybridized carbons (Fsp3) is 0.611. The van der Waals surface area contributed by atoms with E-state index >= 15 is 0 Å². The summed E-state index contributed by atoms with van der Waals surface area (Å²) < 4.78 is 0. The molecular weight excluding hydrogens is 274 g/mol. The van der Waals surface area contributed by atoms with Crippen molar-refractivity contribution < 1.29 is 4.79 Å². The molecule has 1 aliphatic carbocycles. The van der Waals surface area contributed by atoms with Gasteiger partial charge in [0, 0.05) is 23.3 Å². The Labute approximate surface area is 134 Å². The Balaban J connectivity index is 2.00. The SMILES string of the molecule is Cc1c(NC(C)C2CCC(N(C)C)CC2)cccc1C(N)=O. The van der Waals surface area contributed by atoms with Gasteiger partial charge in [0.15, 0.2) is 0 Å². The highest BCUT2D eigenvalue weighted by atomic mass is 16.1. The van der Waals surface area contributed by atoms with Crippen LogP contribution in [0.5, 0.6) is 0 Å². The summed E-state index contributed by atoms with van der Waals surface area (Å²) in [6.07, 6.45) is 5.05. The van der Waals surface area contributed by atoms with E-state index in [0.29, 0.717) is 17.5 Å². The van der Waals surface area contributed by atoms with Crippen molar-refractivity contribution >= 4 is 11.6 Å². The van der Waals surface area contributed by atoms with Crippen LogP contribution in [0.1, 0.15) is 48.5 Å². The number of benzene rings is 1. The molecule has 1 aromatic rings. The minimum atomic E-state index is -0.361. The van der Waals surface area contributed by atoms with Gasteiger partial charge in [-0.15, -0.1) is 0 Å². The van der Waals surface area contributed by atoms with Crippen LogP contribution in [0, 0.1) is 12.8 Å². The molecule has 1 fully saturated rings. The Morgan fingerprint density at radius 2 is 1.91 bits per heavy atom. The van der Waals surface area contributed by atoms with Crippen molar-refractivity contribution in [3.63, 3.8) is 0 Å². The molecule has 2 rings (SSSR count). The monoisotopic (exact) mass is 303 g/mol. The van der Waals surface area contributed by atoms with Crippen LogP contribution >= 0.6 is 0 Å². The first-order chi connectivity index (χ1) is 10.4. The van der Waals surface area contributed by atoms with E-state index < -0.39 is 0 Å². The molecule has 0 saturated heterocycles. The van der Waals surface area contributed by atoms with Crippen LogP contribution in [-0.4, -0.2) is 37.0 Å². The molecule has 4 heteroatoms. The molecule has 3 N–H and O–H groups in total. The molecule has 0 spiro atoms. The lowest BCUT2D eigenvalue weighted by Gasteiger charge is -2.36. The summed E-state index contributed by atoms with van der Waals surface area (Å²) in [5.41, 5.74) is 8.01. The van der Waals surface area contributed by atoms with Crippen molar-refractivity contribution in [3.8, 4) is 0 Å². The first-order valence-electron chi connectivity index (χ1n) is 8.22. The maximum Gasteiger partial charge on any atom is 0.249 e. The highest BCUT2D eigenvalue weighted by molar-refractivity contribution is 5.95. The lowest BCUT2D eigenvalue weighted by Crippen LogP contribution is -2.36. The van der Waals surface area contributed by atoms with Gasteiger partial charge in [-0.1, -0.05) is 6.07 Å². The summed E-state index contributed by atoms with van der Waals surface area (Å²) in [5, 5.41) is 3.60. The third-order valence-corrected chi connectivity index (χ3v) is 5.16. The van der Waals surface area contributed by atoms with Crippen molar-refractivity contribution in [3.05, 3.63) is 29.3 Å². The third kappa shape index (κ3) is 3.80. The highest BCUT2D eigenvalue weighted by Crippen LogP contribution is 2.31. The number of carbonyl (C=O) groups is 1. The second kappa shape index (κ2) is 7.14. The number of carbonyl (C=O) groups excluding carboxylic acids is 1. The standard InChI is InChI=1S/C18H29N3O/c1-12-16(18(19)22)6-5-7-17(12)20-13(2)14-8-10-15(11-9-14)21(3)4/h5-7,13-15,20H,8-11H2,1-4H3,(H2,19,22). The van der Waals surface area contributed by atoms with Crippen LogP contribution in [0.2, 0.25) is 0 Å². The van der Waals surface area contributed by atoms with Gasteiger partial charge in [0.1, 0.15) is 0 Å². The zero-order valence-corrected chi connectivity index (χ0v) is 14.2. The quantitative estimate of drug-likeness (QED) is 0.879. The molecule has 0 bridgehead atoms. The summed E-state index contributed by atoms with van der Waals surface area (Å²) in [5.74, 6) is 0.327. The number of amides is 1. The molecule has 1 aromatic carbocycles. The van der Waals surface area contributed by atoms with E-state index in [9.17, 15) is 4.79 Å². The smallest absolute Gasteiger partial charge is 0.249 e. The van der Waals surface area contributed by atoms with Crippen molar-refractivity contribution in [1.82, 2.24) is 4.90 Å². The number of hydrogen-bond donors (Lipinski definition) is 2. The van der Waals surface area contributed by atoms with E-state index in [4.69, 9.17) is 5.73 Å². The number of nitrogens with two attached hydrogens (primary N) is 1. The van der Waals surface area contributed by atoms with Gasteiger partial charge in [-0.25, -0.2) is 0 Å². The van der Waals surface area contributed by atoms with Crippen LogP contribution < -0.4 is 11.1 Å². The molecule has 22 heavy (non-hydrogen) atoms. The van der Waals surface area contributed by atoms with Crippen molar-refractivity contribution in [2.24, 2.45) is 11.7 Å². The maximum absolute atomic E-state index is 11.5. The molecule has 0 aromatic heterocycles. The highest BCUT2D eigenvalue weighted by Gasteiger charge is 2.26. The molecule has 1 aliphatic rings. The van der Waals surface area contributed by atoms with Crippen molar-refractivity contribution in [2.45, 2.75) is 51.6 Å². The zero-order valence-electron chi connectivity index (χ0n) is 14.2. The zero-order chi connectivity index (χ0) is 16.3. The fourth-order valence-corrected chi connectivity index (χ4v) is 3.54. The van der Waals surface area contributed by atoms with Gasteiger partial charge in [0.25, 0.3) is 0 Å². The van der Waals surface area contributed by atoms with Gasteiger partial charge < -0.3 is 16.0 Å². The number of rotatable bonds is 5. The summed E-state index contributed by atoms with van der Waals surface area (Å²) in [4.78, 5) is 13.8. The molecule has 0 aliphatic heterocycles. The van der Waals surface area contributed by atoms with Gasteiger partial charge in [0.05, 0.1) is 0 Å². The first-order valence-corrected chi connectivity index (χ1v) is 8.22. The average molecular weight is 303 g/mol. The number of primary amides is 1. The molecule has 1 saturated carbocycles. The molecule has 4 nitrogen and oxygen atoms in total. The van der Waals surface area contributed by atoms with Crippen molar-refractivity contribution in [2.75, 3.05) is 19.4 Å². The van der Waals surface area contributed by atoms with Crippen LogP contribution in [-0.2, 0) is 0 Å². The first kappa shape index (κ1) is 16.8. The summed E-state index contributed by atoms with van der Waals surface area (Å²) in [6, 6.07) is 6.85. The van der Waals surface area contributed by atoms with Gasteiger partial charge in [-0.05, 0) is 77.2 Å². The van der Waals surface area contributed by atoms with Gasteiger partial charge in [-0.3, -0.25) is 4.79 Å². The van der Waals surface area contributed by atoms with Crippen LogP contribution in [0.15, 0.2) is 18.2 Å². The minimum Gasteiger partial charge on any atom is -0.382 e. The number of anilines is 1. The number of nitrogens with zero attached hydrogens (tertiary/aromatic N) is 1. The molecule has 1 atom stereocenters. The van der Waals surface area contributed by atoms with Crippen LogP contribution in [0.25, 0.3) is 0 Å². The minimum absolute atomic E-state index is 0.361. The molecule has 0 heterocycles. The lowest BCUT2D eigenvalue weighted by molar-refractivity contribution is 0.0999. The number of nitrogens with one attached hydrogen (secondary N) is 1. The summed E-state index contributed by atoms with van der Waals surface area (Å²) >= 11 is 0. The normalized spacial score (nSPS) is 23.3. The Morgan fingerprint density at radius 3 is 2.45 bits per heavy atom. The molecule has 1 amide bonds. The van der Waals surface area contributed by atoms with Gasteiger partial charge >= 0.3 is 0 Å². The number of hydrogen-bond acceptors (Lipinski definition) is 3. The average Bonchev–Trinajstić information content (AvgIpc) is 2.49. The van der Waals surface area contributed by atoms with E-state index in [1.54, 1.807) is 6.07 Å². The third-order valence-electron chi connectivity index (χ3n) is 5.16. The Morgan fingerprint density at radius 1 is 1.27 bits per heavy atom. The predicted molar refractivity (Wildman–Crippen MR) is 92.2 cm³/mol. The molecule has 0 radical (unpaired) electrons. The van der Waals surface area contributed by atoms with E-state index in [-0.39, 0.29) is 5.91 Å². The van der Waals surface area contributed by atoms with Crippen molar-refractivity contribution in [1.29, 1.82) is 0 Å². The second-order valence-electron chi connectivity index (χ2n) is 6.81. The molecule has 1 unspecified atom stereocenters. The van der Waals surface area contributed by atoms with E-state index in [0.717, 1.165) is 17.3 Å². The lowest BCUT2D eigenvalue weighted by atomic mass is 9.81. The van der Waals surface area contributed by atoms with Gasteiger partial charge in [-0.2, -0.15) is 0 Å². The van der Waals surface area contributed by atoms with Gasteiger partial charge in [0.2, 0.25) is 5.91 Å². The molecule has 122 valence electrons. The predicted octanol–water partition coefficient (Wildman–Crippen LogP) is 3.01. The Bertz CT molecular complexity index is 519. The topological polar surface area (TPSA) is 58.4 Å². The molecular formula is C18H29N3O. The fourth-order valence-electron chi connectivity index (χ4n) is 3.54. The largest absolute Gasteiger partial charge is 0.382 e.